The van der Waals surface area contributed by atoms with Crippen LogP contribution in [0, 0.1) is 0 Å². The number of hydrogen-bond donors (Lipinski definition) is 5. The Balaban J connectivity index is 1.81. The van der Waals surface area contributed by atoms with E-state index in [-0.39, 0.29) is 5.56 Å². The number of aromatic amines is 1. The highest BCUT2D eigenvalue weighted by Crippen LogP contribution is 2.28. The van der Waals surface area contributed by atoms with Gasteiger partial charge in [0.1, 0.15) is 22.9 Å². The van der Waals surface area contributed by atoms with Crippen molar-refractivity contribution >= 4 is 23.2 Å². The monoisotopic (exact) mass is 409 g/mol. The fourth-order valence-corrected chi connectivity index (χ4v) is 3.28. The van der Waals surface area contributed by atoms with Gasteiger partial charge >= 0.3 is 0 Å². The van der Waals surface area contributed by atoms with Gasteiger partial charge < -0.3 is 26.2 Å². The fraction of sp³-hybridized carbons (Fsp3) is 0.273. The lowest BCUT2D eigenvalue weighted by atomic mass is 10.0. The number of ether oxygens (including phenoxy) is 1. The molecule has 0 radical (unpaired) electrons. The Kier molecular flexibility index (Phi) is 6.46. The molecule has 0 aliphatic rings. The molecular weight excluding hydrogens is 382 g/mol. The lowest BCUT2D eigenvalue weighted by Crippen LogP contribution is -2.15. The molecule has 30 heavy (non-hydrogen) atoms. The SMILES string of the molecule is CCc1cc(CNc2n[nH]c(Nc3ccc(OC)cc3)c2C(N)=O)cc(CC)c1O. The molecule has 1 aromatic heterocycles. The number of carbonyl (C=O) groups is 1. The smallest absolute Gasteiger partial charge is 0.256 e. The molecule has 6 N–H and O–H groups in total. The van der Waals surface area contributed by atoms with E-state index in [4.69, 9.17) is 10.5 Å². The third-order valence-corrected chi connectivity index (χ3v) is 4.92. The van der Waals surface area contributed by atoms with Gasteiger partial charge in [-0.15, -0.1) is 0 Å². The number of benzene rings is 2. The molecular formula is C22H27N5O3. The molecule has 0 bridgehead atoms. The first kappa shape index (κ1) is 21.0. The number of H-pyrrole nitrogens is 1. The molecule has 0 atom stereocenters. The van der Waals surface area contributed by atoms with Crippen LogP contribution in [0.25, 0.3) is 0 Å². The number of phenolic OH excluding ortho intramolecular Hbond substituents is 1. The molecule has 158 valence electrons. The number of aromatic hydroxyl groups is 1. The van der Waals surface area contributed by atoms with Gasteiger partial charge in [-0.2, -0.15) is 5.10 Å². The van der Waals surface area contributed by atoms with Crippen LogP contribution in [0.15, 0.2) is 36.4 Å². The quantitative estimate of drug-likeness (QED) is 0.367. The van der Waals surface area contributed by atoms with Gasteiger partial charge in [0.15, 0.2) is 5.82 Å². The molecule has 0 spiro atoms. The molecule has 0 aliphatic heterocycles. The van der Waals surface area contributed by atoms with Crippen LogP contribution < -0.4 is 21.1 Å². The first-order chi connectivity index (χ1) is 14.5. The summed E-state index contributed by atoms with van der Waals surface area (Å²) >= 11 is 0. The molecule has 0 saturated carbocycles. The van der Waals surface area contributed by atoms with Gasteiger partial charge in [-0.25, -0.2) is 0 Å². The van der Waals surface area contributed by atoms with Gasteiger partial charge in [-0.1, -0.05) is 26.0 Å². The second-order valence-electron chi connectivity index (χ2n) is 6.86. The second kappa shape index (κ2) is 9.21. The molecule has 0 fully saturated rings. The maximum atomic E-state index is 12.1. The van der Waals surface area contributed by atoms with Gasteiger partial charge in [-0.3, -0.25) is 9.89 Å². The maximum absolute atomic E-state index is 12.1. The van der Waals surface area contributed by atoms with Crippen LogP contribution in [0.4, 0.5) is 17.3 Å². The summed E-state index contributed by atoms with van der Waals surface area (Å²) < 4.78 is 5.15. The number of amides is 1. The lowest BCUT2D eigenvalue weighted by molar-refractivity contribution is 0.100. The molecule has 3 rings (SSSR count). The molecule has 1 amide bonds. The summed E-state index contributed by atoms with van der Waals surface area (Å²) in [6.07, 6.45) is 1.47. The molecule has 0 aliphatic carbocycles. The Labute approximate surface area is 175 Å². The average Bonchev–Trinajstić information content (AvgIpc) is 3.16. The summed E-state index contributed by atoms with van der Waals surface area (Å²) in [5.74, 6) is 1.25. The molecule has 0 unspecified atom stereocenters. The number of hydrogen-bond acceptors (Lipinski definition) is 6. The Morgan fingerprint density at radius 1 is 1.17 bits per heavy atom. The Morgan fingerprint density at radius 3 is 2.33 bits per heavy atom. The number of nitrogens with two attached hydrogens (primary N) is 1. The van der Waals surface area contributed by atoms with Gasteiger partial charge in [0, 0.05) is 12.2 Å². The predicted molar refractivity (Wildman–Crippen MR) is 118 cm³/mol. The standard InChI is InChI=1S/C22H27N5O3/c1-4-14-10-13(11-15(5-2)19(14)28)12-24-21-18(20(23)29)22(27-26-21)25-16-6-8-17(30-3)9-7-16/h6-11,28H,4-5,12H2,1-3H3,(H2,23,29)(H3,24,25,26,27). The zero-order chi connectivity index (χ0) is 21.7. The number of methoxy groups -OCH3 is 1. The fourth-order valence-electron chi connectivity index (χ4n) is 3.28. The van der Waals surface area contributed by atoms with Gasteiger partial charge in [0.25, 0.3) is 5.91 Å². The van der Waals surface area contributed by atoms with E-state index in [1.807, 2.05) is 50.2 Å². The van der Waals surface area contributed by atoms with E-state index in [9.17, 15) is 9.90 Å². The van der Waals surface area contributed by atoms with Gasteiger partial charge in [-0.05, 0) is 53.8 Å². The van der Waals surface area contributed by atoms with Crippen LogP contribution in [-0.2, 0) is 19.4 Å². The Morgan fingerprint density at radius 2 is 1.80 bits per heavy atom. The van der Waals surface area contributed by atoms with E-state index in [0.29, 0.717) is 23.9 Å². The van der Waals surface area contributed by atoms with Crippen LogP contribution in [0.2, 0.25) is 0 Å². The van der Waals surface area contributed by atoms with Crippen molar-refractivity contribution in [2.45, 2.75) is 33.2 Å². The number of aryl methyl sites for hydroxylation is 2. The van der Waals surface area contributed by atoms with Crippen molar-refractivity contribution in [2.24, 2.45) is 5.73 Å². The summed E-state index contributed by atoms with van der Waals surface area (Å²) in [6.45, 7) is 4.44. The van der Waals surface area contributed by atoms with E-state index >= 15 is 0 Å². The minimum absolute atomic E-state index is 0.246. The summed E-state index contributed by atoms with van der Waals surface area (Å²) in [5, 5.41) is 23.6. The molecule has 3 aromatic rings. The molecule has 0 saturated heterocycles. The van der Waals surface area contributed by atoms with Crippen molar-refractivity contribution in [3.8, 4) is 11.5 Å². The number of anilines is 3. The summed E-state index contributed by atoms with van der Waals surface area (Å²) in [4.78, 5) is 12.1. The zero-order valence-electron chi connectivity index (χ0n) is 17.4. The van der Waals surface area contributed by atoms with Crippen molar-refractivity contribution < 1.29 is 14.6 Å². The largest absolute Gasteiger partial charge is 0.507 e. The number of primary amides is 1. The van der Waals surface area contributed by atoms with Crippen LogP contribution in [0.5, 0.6) is 11.5 Å². The summed E-state index contributed by atoms with van der Waals surface area (Å²) in [6, 6.07) is 11.2. The van der Waals surface area contributed by atoms with Crippen molar-refractivity contribution in [1.29, 1.82) is 0 Å². The van der Waals surface area contributed by atoms with E-state index in [2.05, 4.69) is 20.8 Å². The van der Waals surface area contributed by atoms with Gasteiger partial charge in [0.2, 0.25) is 0 Å². The minimum atomic E-state index is -0.600. The van der Waals surface area contributed by atoms with Crippen LogP contribution >= 0.6 is 0 Å². The van der Waals surface area contributed by atoms with Crippen LogP contribution in [-0.4, -0.2) is 28.3 Å². The van der Waals surface area contributed by atoms with E-state index in [0.717, 1.165) is 41.0 Å². The average molecular weight is 409 g/mol. The van der Waals surface area contributed by atoms with E-state index in [1.165, 1.54) is 0 Å². The molecule has 2 aromatic carbocycles. The zero-order valence-corrected chi connectivity index (χ0v) is 17.4. The van der Waals surface area contributed by atoms with E-state index in [1.54, 1.807) is 7.11 Å². The number of nitrogens with one attached hydrogen (secondary N) is 3. The molecule has 1 heterocycles. The van der Waals surface area contributed by atoms with E-state index < -0.39 is 5.91 Å². The highest BCUT2D eigenvalue weighted by Gasteiger charge is 2.19. The van der Waals surface area contributed by atoms with Gasteiger partial charge in [0.05, 0.1) is 7.11 Å². The number of nitrogens with zero attached hydrogens (tertiary/aromatic N) is 1. The topological polar surface area (TPSA) is 125 Å². The summed E-state index contributed by atoms with van der Waals surface area (Å²) in [7, 11) is 1.60. The molecule has 8 nitrogen and oxygen atoms in total. The third kappa shape index (κ3) is 4.48. The number of aromatic nitrogens is 2. The Bertz CT molecular complexity index is 1000. The van der Waals surface area contributed by atoms with Crippen molar-refractivity contribution in [3.63, 3.8) is 0 Å². The molecule has 8 heteroatoms. The Hall–Kier alpha value is -3.68. The predicted octanol–water partition coefficient (Wildman–Crippen LogP) is 3.70. The van der Waals surface area contributed by atoms with Crippen LogP contribution in [0.3, 0.4) is 0 Å². The first-order valence-electron chi connectivity index (χ1n) is 9.83. The van der Waals surface area contributed by atoms with Crippen LogP contribution in [0.1, 0.15) is 40.9 Å². The third-order valence-electron chi connectivity index (χ3n) is 4.92. The minimum Gasteiger partial charge on any atom is -0.507 e. The highest BCUT2D eigenvalue weighted by atomic mass is 16.5. The highest BCUT2D eigenvalue weighted by molar-refractivity contribution is 6.03. The second-order valence-corrected chi connectivity index (χ2v) is 6.86. The van der Waals surface area contributed by atoms with Crippen molar-refractivity contribution in [3.05, 3.63) is 58.7 Å². The lowest BCUT2D eigenvalue weighted by Gasteiger charge is -2.12. The van der Waals surface area contributed by atoms with Crippen molar-refractivity contribution in [2.75, 3.05) is 17.7 Å². The maximum Gasteiger partial charge on any atom is 0.256 e. The number of phenols is 1. The first-order valence-corrected chi connectivity index (χ1v) is 9.83. The summed E-state index contributed by atoms with van der Waals surface area (Å²) in [5.41, 5.74) is 9.39. The number of rotatable bonds is 9. The number of carbonyl (C=O) groups excluding carboxylic acids is 1. The van der Waals surface area contributed by atoms with Crippen molar-refractivity contribution in [1.82, 2.24) is 10.2 Å². The normalized spacial score (nSPS) is 10.6.